The van der Waals surface area contributed by atoms with Gasteiger partial charge in [0.1, 0.15) is 25.9 Å². The topological polar surface area (TPSA) is 146 Å². The van der Waals surface area contributed by atoms with Crippen molar-refractivity contribution in [3.05, 3.63) is 35.4 Å². The van der Waals surface area contributed by atoms with Crippen molar-refractivity contribution in [2.45, 2.75) is 45.3 Å². The van der Waals surface area contributed by atoms with E-state index in [1.54, 1.807) is 0 Å². The number of esters is 4. The second-order valence-corrected chi connectivity index (χ2v) is 10.8. The zero-order chi connectivity index (χ0) is 26.9. The molecule has 0 radical (unpaired) electrons. The summed E-state index contributed by atoms with van der Waals surface area (Å²) in [5.74, 6) is -0.789. The SMILES string of the molecule is COC(=O)CCSSCCC(=O)OCC(O)COC(=O)c1ccc(C(=O)OCC(O)CC(C)C)cc1. The van der Waals surface area contributed by atoms with E-state index < -0.39 is 30.1 Å². The second-order valence-electron chi connectivity index (χ2n) is 8.11. The number of hydrogen-bond acceptors (Lipinski definition) is 12. The molecule has 2 N–H and O–H groups in total. The highest BCUT2D eigenvalue weighted by Crippen LogP contribution is 2.23. The number of methoxy groups -OCH3 is 1. The predicted octanol–water partition coefficient (Wildman–Crippen LogP) is 2.65. The van der Waals surface area contributed by atoms with Crippen molar-refractivity contribution in [2.24, 2.45) is 5.92 Å². The summed E-state index contributed by atoms with van der Waals surface area (Å²) >= 11 is 0. The molecule has 0 bridgehead atoms. The predicted molar refractivity (Wildman–Crippen MR) is 136 cm³/mol. The average Bonchev–Trinajstić information content (AvgIpc) is 2.85. The zero-order valence-corrected chi connectivity index (χ0v) is 22.3. The first-order chi connectivity index (χ1) is 17.1. The molecule has 0 saturated carbocycles. The molecule has 0 saturated heterocycles. The van der Waals surface area contributed by atoms with E-state index in [0.29, 0.717) is 24.3 Å². The molecule has 1 aromatic carbocycles. The molecule has 2 unspecified atom stereocenters. The van der Waals surface area contributed by atoms with E-state index >= 15 is 0 Å². The van der Waals surface area contributed by atoms with Crippen LogP contribution in [0.5, 0.6) is 0 Å². The Balaban J connectivity index is 2.25. The number of benzene rings is 1. The maximum absolute atomic E-state index is 12.2. The van der Waals surface area contributed by atoms with Gasteiger partial charge in [0.05, 0.1) is 37.2 Å². The highest BCUT2D eigenvalue weighted by Gasteiger charge is 2.16. The molecule has 12 heteroatoms. The molecular formula is C24H34O10S2. The fourth-order valence-electron chi connectivity index (χ4n) is 2.64. The Morgan fingerprint density at radius 3 is 1.67 bits per heavy atom. The van der Waals surface area contributed by atoms with Gasteiger partial charge in [-0.25, -0.2) is 9.59 Å². The van der Waals surface area contributed by atoms with E-state index in [1.165, 1.54) is 53.0 Å². The first-order valence-corrected chi connectivity index (χ1v) is 13.9. The summed E-state index contributed by atoms with van der Waals surface area (Å²) in [4.78, 5) is 46.9. The number of rotatable bonds is 17. The Hall–Kier alpha value is -2.28. The van der Waals surface area contributed by atoms with Gasteiger partial charge < -0.3 is 29.2 Å². The maximum Gasteiger partial charge on any atom is 0.338 e. The normalized spacial score (nSPS) is 12.5. The van der Waals surface area contributed by atoms with Crippen LogP contribution in [0, 0.1) is 5.92 Å². The molecule has 2 atom stereocenters. The van der Waals surface area contributed by atoms with Gasteiger partial charge in [0.15, 0.2) is 0 Å². The summed E-state index contributed by atoms with van der Waals surface area (Å²) < 4.78 is 19.6. The Morgan fingerprint density at radius 1 is 0.750 bits per heavy atom. The molecule has 1 rings (SSSR count). The number of aliphatic hydroxyl groups is 2. The molecule has 0 amide bonds. The van der Waals surface area contributed by atoms with E-state index in [9.17, 15) is 29.4 Å². The van der Waals surface area contributed by atoms with Crippen LogP contribution in [0.2, 0.25) is 0 Å². The number of ether oxygens (including phenoxy) is 4. The van der Waals surface area contributed by atoms with Crippen LogP contribution in [0.3, 0.4) is 0 Å². The highest BCUT2D eigenvalue weighted by atomic mass is 33.1. The van der Waals surface area contributed by atoms with Crippen LogP contribution in [-0.2, 0) is 28.5 Å². The smallest absolute Gasteiger partial charge is 0.338 e. The third-order valence-electron chi connectivity index (χ3n) is 4.44. The lowest BCUT2D eigenvalue weighted by Crippen LogP contribution is -2.25. The van der Waals surface area contributed by atoms with Crippen LogP contribution in [0.4, 0.5) is 0 Å². The molecule has 0 fully saturated rings. The summed E-state index contributed by atoms with van der Waals surface area (Å²) in [5.41, 5.74) is 0.382. The molecular weight excluding hydrogens is 512 g/mol. The van der Waals surface area contributed by atoms with Gasteiger partial charge >= 0.3 is 23.9 Å². The van der Waals surface area contributed by atoms with E-state index in [0.717, 1.165) is 0 Å². The standard InChI is InChI=1S/C24H34O10S2/c1-16(2)12-19(25)13-33-23(29)17-4-6-18(7-5-17)24(30)34-15-20(26)14-32-22(28)9-11-36-35-10-8-21(27)31-3/h4-7,16,19-20,25-26H,8-15H2,1-3H3. The van der Waals surface area contributed by atoms with Crippen molar-refractivity contribution in [1.29, 1.82) is 0 Å². The Kier molecular flexibility index (Phi) is 15.9. The van der Waals surface area contributed by atoms with Crippen LogP contribution in [0.15, 0.2) is 24.3 Å². The molecule has 0 spiro atoms. The van der Waals surface area contributed by atoms with E-state index in [2.05, 4.69) is 4.74 Å². The van der Waals surface area contributed by atoms with Gasteiger partial charge in [-0.3, -0.25) is 9.59 Å². The fraction of sp³-hybridized carbons (Fsp3) is 0.583. The quantitative estimate of drug-likeness (QED) is 0.128. The molecule has 1 aromatic rings. The molecule has 202 valence electrons. The Morgan fingerprint density at radius 2 is 1.19 bits per heavy atom. The maximum atomic E-state index is 12.2. The Bertz CT molecular complexity index is 829. The molecule has 0 aliphatic heterocycles. The fourth-order valence-corrected chi connectivity index (χ4v) is 4.59. The second kappa shape index (κ2) is 18.0. The monoisotopic (exact) mass is 546 g/mol. The molecule has 36 heavy (non-hydrogen) atoms. The summed E-state index contributed by atoms with van der Waals surface area (Å²) in [6.07, 6.45) is -0.985. The average molecular weight is 547 g/mol. The highest BCUT2D eigenvalue weighted by molar-refractivity contribution is 8.76. The van der Waals surface area contributed by atoms with Gasteiger partial charge in [0, 0.05) is 11.5 Å². The van der Waals surface area contributed by atoms with Crippen LogP contribution in [-0.4, -0.2) is 84.7 Å². The summed E-state index contributed by atoms with van der Waals surface area (Å²) in [7, 11) is 4.20. The first-order valence-electron chi connectivity index (χ1n) is 11.4. The van der Waals surface area contributed by atoms with Gasteiger partial charge in [-0.15, -0.1) is 0 Å². The largest absolute Gasteiger partial charge is 0.469 e. The number of aliphatic hydroxyl groups excluding tert-OH is 2. The lowest BCUT2D eigenvalue weighted by atomic mass is 10.1. The van der Waals surface area contributed by atoms with Gasteiger partial charge in [0.25, 0.3) is 0 Å². The van der Waals surface area contributed by atoms with Crippen LogP contribution in [0.1, 0.15) is 53.8 Å². The zero-order valence-electron chi connectivity index (χ0n) is 20.7. The molecule has 10 nitrogen and oxygen atoms in total. The number of hydrogen-bond donors (Lipinski definition) is 2. The summed E-state index contributed by atoms with van der Waals surface area (Å²) in [6.45, 7) is 3.10. The first kappa shape index (κ1) is 31.7. The molecule has 0 heterocycles. The third kappa shape index (κ3) is 14.3. The lowest BCUT2D eigenvalue weighted by molar-refractivity contribution is -0.146. The minimum atomic E-state index is -1.19. The Labute approximate surface area is 218 Å². The molecule has 0 aliphatic carbocycles. The van der Waals surface area contributed by atoms with Gasteiger partial charge in [0.2, 0.25) is 0 Å². The van der Waals surface area contributed by atoms with Crippen molar-refractivity contribution < 1.29 is 48.3 Å². The van der Waals surface area contributed by atoms with Crippen molar-refractivity contribution in [3.63, 3.8) is 0 Å². The number of carbonyl (C=O) groups excluding carboxylic acids is 4. The molecule has 0 aliphatic rings. The van der Waals surface area contributed by atoms with Crippen LogP contribution >= 0.6 is 21.6 Å². The van der Waals surface area contributed by atoms with Crippen molar-refractivity contribution in [3.8, 4) is 0 Å². The number of carbonyl (C=O) groups is 4. The van der Waals surface area contributed by atoms with Crippen molar-refractivity contribution in [2.75, 3.05) is 38.4 Å². The van der Waals surface area contributed by atoms with Gasteiger partial charge in [-0.05, 0) is 36.6 Å². The van der Waals surface area contributed by atoms with Crippen molar-refractivity contribution in [1.82, 2.24) is 0 Å². The summed E-state index contributed by atoms with van der Waals surface area (Å²) in [6, 6.07) is 5.57. The van der Waals surface area contributed by atoms with E-state index in [4.69, 9.17) is 14.2 Å². The van der Waals surface area contributed by atoms with Crippen molar-refractivity contribution >= 4 is 45.5 Å². The van der Waals surface area contributed by atoms with E-state index in [-0.39, 0.29) is 49.3 Å². The van der Waals surface area contributed by atoms with Gasteiger partial charge in [-0.2, -0.15) is 0 Å². The molecule has 0 aromatic heterocycles. The van der Waals surface area contributed by atoms with Crippen LogP contribution in [0.25, 0.3) is 0 Å². The van der Waals surface area contributed by atoms with Gasteiger partial charge in [-0.1, -0.05) is 35.4 Å². The minimum Gasteiger partial charge on any atom is -0.469 e. The lowest BCUT2D eigenvalue weighted by Gasteiger charge is -2.13. The van der Waals surface area contributed by atoms with Crippen LogP contribution < -0.4 is 0 Å². The van der Waals surface area contributed by atoms with E-state index in [1.807, 2.05) is 13.8 Å². The third-order valence-corrected chi connectivity index (χ3v) is 6.85. The minimum absolute atomic E-state index is 0.113. The summed E-state index contributed by atoms with van der Waals surface area (Å²) in [5, 5.41) is 19.7.